The minimum absolute atomic E-state index is 0.225. The molecule has 0 heterocycles. The van der Waals surface area contributed by atoms with E-state index in [0.29, 0.717) is 0 Å². The molecule has 0 radical (unpaired) electrons. The van der Waals surface area contributed by atoms with E-state index in [1.807, 2.05) is 0 Å². The fourth-order valence-corrected chi connectivity index (χ4v) is 1.77. The molecule has 0 saturated carbocycles. The number of nitrogens with two attached hydrogens (primary N) is 1. The molecule has 0 saturated heterocycles. The highest BCUT2D eigenvalue weighted by Gasteiger charge is 2.06. The standard InChI is InChI=1S/C13H21N/c1-3-4-5-10-13(14)12-9-7-6-8-11(12)2/h6-9,13H,3-5,10,14H2,1-2H3/t13-/m0/s1. The number of unbranched alkanes of at least 4 members (excludes halogenated alkanes) is 2. The summed E-state index contributed by atoms with van der Waals surface area (Å²) in [6, 6.07) is 8.64. The van der Waals surface area contributed by atoms with Gasteiger partial charge in [-0.05, 0) is 24.5 Å². The van der Waals surface area contributed by atoms with Gasteiger partial charge in [0.25, 0.3) is 0 Å². The van der Waals surface area contributed by atoms with E-state index in [4.69, 9.17) is 5.73 Å². The van der Waals surface area contributed by atoms with E-state index in [0.717, 1.165) is 6.42 Å². The van der Waals surface area contributed by atoms with E-state index < -0.39 is 0 Å². The molecule has 0 spiro atoms. The van der Waals surface area contributed by atoms with Crippen LogP contribution in [-0.4, -0.2) is 0 Å². The molecule has 0 fully saturated rings. The maximum atomic E-state index is 6.14. The van der Waals surface area contributed by atoms with E-state index in [2.05, 4.69) is 38.1 Å². The second kappa shape index (κ2) is 5.82. The Bertz CT molecular complexity index is 268. The van der Waals surface area contributed by atoms with Crippen LogP contribution in [0.15, 0.2) is 24.3 Å². The summed E-state index contributed by atoms with van der Waals surface area (Å²) in [4.78, 5) is 0. The van der Waals surface area contributed by atoms with Gasteiger partial charge in [-0.25, -0.2) is 0 Å². The van der Waals surface area contributed by atoms with Crippen molar-refractivity contribution < 1.29 is 0 Å². The fourth-order valence-electron chi connectivity index (χ4n) is 1.77. The van der Waals surface area contributed by atoms with Crippen molar-refractivity contribution in [3.63, 3.8) is 0 Å². The lowest BCUT2D eigenvalue weighted by Crippen LogP contribution is -2.11. The van der Waals surface area contributed by atoms with E-state index in [9.17, 15) is 0 Å². The van der Waals surface area contributed by atoms with Gasteiger partial charge in [-0.2, -0.15) is 0 Å². The Morgan fingerprint density at radius 1 is 1.21 bits per heavy atom. The SMILES string of the molecule is CCCCC[C@H](N)c1ccccc1C. The van der Waals surface area contributed by atoms with Crippen molar-refractivity contribution in [3.8, 4) is 0 Å². The number of rotatable bonds is 5. The summed E-state index contributed by atoms with van der Waals surface area (Å²) in [7, 11) is 0. The van der Waals surface area contributed by atoms with Crippen LogP contribution in [0.1, 0.15) is 49.8 Å². The third kappa shape index (κ3) is 3.15. The molecule has 0 aromatic heterocycles. The van der Waals surface area contributed by atoms with Gasteiger partial charge in [-0.1, -0.05) is 50.5 Å². The molecule has 1 heteroatoms. The van der Waals surface area contributed by atoms with Crippen LogP contribution in [0.5, 0.6) is 0 Å². The van der Waals surface area contributed by atoms with E-state index >= 15 is 0 Å². The van der Waals surface area contributed by atoms with Crippen LogP contribution in [0.2, 0.25) is 0 Å². The Balaban J connectivity index is 2.51. The number of benzene rings is 1. The summed E-state index contributed by atoms with van der Waals surface area (Å²) < 4.78 is 0. The van der Waals surface area contributed by atoms with Crippen LogP contribution in [0, 0.1) is 6.92 Å². The smallest absolute Gasteiger partial charge is 0.0297 e. The van der Waals surface area contributed by atoms with Crippen molar-refractivity contribution >= 4 is 0 Å². The van der Waals surface area contributed by atoms with E-state index in [-0.39, 0.29) is 6.04 Å². The van der Waals surface area contributed by atoms with Crippen molar-refractivity contribution in [2.24, 2.45) is 5.73 Å². The van der Waals surface area contributed by atoms with Crippen molar-refractivity contribution in [3.05, 3.63) is 35.4 Å². The zero-order chi connectivity index (χ0) is 10.4. The molecule has 1 atom stereocenters. The van der Waals surface area contributed by atoms with E-state index in [1.165, 1.54) is 30.4 Å². The molecule has 0 amide bonds. The van der Waals surface area contributed by atoms with Gasteiger partial charge in [-0.15, -0.1) is 0 Å². The summed E-state index contributed by atoms with van der Waals surface area (Å²) in [5, 5.41) is 0. The molecule has 14 heavy (non-hydrogen) atoms. The second-order valence-corrected chi connectivity index (χ2v) is 3.96. The lowest BCUT2D eigenvalue weighted by molar-refractivity contribution is 0.579. The Hall–Kier alpha value is -0.820. The number of aryl methyl sites for hydroxylation is 1. The minimum Gasteiger partial charge on any atom is -0.324 e. The first kappa shape index (κ1) is 11.3. The lowest BCUT2D eigenvalue weighted by atomic mass is 9.97. The highest BCUT2D eigenvalue weighted by molar-refractivity contribution is 5.28. The van der Waals surface area contributed by atoms with Crippen LogP contribution < -0.4 is 5.73 Å². The molecule has 2 N–H and O–H groups in total. The van der Waals surface area contributed by atoms with Gasteiger partial charge < -0.3 is 5.73 Å². The zero-order valence-corrected chi connectivity index (χ0v) is 9.29. The third-order valence-corrected chi connectivity index (χ3v) is 2.71. The molecule has 0 bridgehead atoms. The number of hydrogen-bond acceptors (Lipinski definition) is 1. The maximum Gasteiger partial charge on any atom is 0.0297 e. The normalized spacial score (nSPS) is 12.8. The van der Waals surface area contributed by atoms with Crippen molar-refractivity contribution in [2.45, 2.75) is 45.6 Å². The molecular weight excluding hydrogens is 170 g/mol. The molecule has 1 nitrogen and oxygen atoms in total. The van der Waals surface area contributed by atoms with Crippen LogP contribution in [-0.2, 0) is 0 Å². The zero-order valence-electron chi connectivity index (χ0n) is 9.29. The molecular formula is C13H21N. The second-order valence-electron chi connectivity index (χ2n) is 3.96. The van der Waals surface area contributed by atoms with Crippen LogP contribution in [0.3, 0.4) is 0 Å². The molecule has 1 aromatic rings. The predicted octanol–water partition coefficient (Wildman–Crippen LogP) is 3.58. The molecule has 0 aliphatic heterocycles. The molecule has 0 unspecified atom stereocenters. The van der Waals surface area contributed by atoms with Gasteiger partial charge in [0.1, 0.15) is 0 Å². The molecule has 1 rings (SSSR count). The molecule has 0 aliphatic rings. The summed E-state index contributed by atoms with van der Waals surface area (Å²) in [6.45, 7) is 4.36. The highest BCUT2D eigenvalue weighted by Crippen LogP contribution is 2.20. The Morgan fingerprint density at radius 3 is 2.57 bits per heavy atom. The molecule has 0 aliphatic carbocycles. The monoisotopic (exact) mass is 191 g/mol. The Kier molecular flexibility index (Phi) is 4.68. The lowest BCUT2D eigenvalue weighted by Gasteiger charge is -2.14. The first-order chi connectivity index (χ1) is 6.75. The van der Waals surface area contributed by atoms with Crippen molar-refractivity contribution in [1.29, 1.82) is 0 Å². The first-order valence-electron chi connectivity index (χ1n) is 5.56. The first-order valence-corrected chi connectivity index (χ1v) is 5.56. The van der Waals surface area contributed by atoms with Gasteiger partial charge in [0.15, 0.2) is 0 Å². The van der Waals surface area contributed by atoms with Crippen LogP contribution in [0.4, 0.5) is 0 Å². The summed E-state index contributed by atoms with van der Waals surface area (Å²) in [5.74, 6) is 0. The number of hydrogen-bond donors (Lipinski definition) is 1. The highest BCUT2D eigenvalue weighted by atomic mass is 14.6. The van der Waals surface area contributed by atoms with Crippen molar-refractivity contribution in [1.82, 2.24) is 0 Å². The minimum atomic E-state index is 0.225. The average molecular weight is 191 g/mol. The van der Waals surface area contributed by atoms with Gasteiger partial charge in [0.2, 0.25) is 0 Å². The Morgan fingerprint density at radius 2 is 1.93 bits per heavy atom. The quantitative estimate of drug-likeness (QED) is 0.707. The largest absolute Gasteiger partial charge is 0.324 e. The molecule has 1 aromatic carbocycles. The summed E-state index contributed by atoms with van der Waals surface area (Å²) in [5.41, 5.74) is 8.76. The topological polar surface area (TPSA) is 26.0 Å². The summed E-state index contributed by atoms with van der Waals surface area (Å²) >= 11 is 0. The predicted molar refractivity (Wildman–Crippen MR) is 62.2 cm³/mol. The van der Waals surface area contributed by atoms with E-state index in [1.54, 1.807) is 0 Å². The van der Waals surface area contributed by atoms with Gasteiger partial charge in [0.05, 0.1) is 0 Å². The van der Waals surface area contributed by atoms with Gasteiger partial charge >= 0.3 is 0 Å². The van der Waals surface area contributed by atoms with Gasteiger partial charge in [0, 0.05) is 6.04 Å². The van der Waals surface area contributed by atoms with Crippen LogP contribution >= 0.6 is 0 Å². The van der Waals surface area contributed by atoms with Gasteiger partial charge in [-0.3, -0.25) is 0 Å². The molecule has 78 valence electrons. The Labute approximate surface area is 87.3 Å². The summed E-state index contributed by atoms with van der Waals surface area (Å²) in [6.07, 6.45) is 4.91. The fraction of sp³-hybridized carbons (Fsp3) is 0.538. The van der Waals surface area contributed by atoms with Crippen molar-refractivity contribution in [2.75, 3.05) is 0 Å². The average Bonchev–Trinajstić information content (AvgIpc) is 2.18. The third-order valence-electron chi connectivity index (χ3n) is 2.71. The van der Waals surface area contributed by atoms with Crippen LogP contribution in [0.25, 0.3) is 0 Å². The maximum absolute atomic E-state index is 6.14.